The fourth-order valence-electron chi connectivity index (χ4n) is 1.71. The Hall–Kier alpha value is -1.48. The van der Waals surface area contributed by atoms with Crippen molar-refractivity contribution in [2.24, 2.45) is 0 Å². The highest BCUT2D eigenvalue weighted by molar-refractivity contribution is 9.10. The van der Waals surface area contributed by atoms with E-state index in [9.17, 15) is 0 Å². The molecule has 0 amide bonds. The van der Waals surface area contributed by atoms with Crippen LogP contribution in [-0.4, -0.2) is 0 Å². The highest BCUT2D eigenvalue weighted by Gasteiger charge is 2.02. The van der Waals surface area contributed by atoms with Crippen LogP contribution in [0.4, 0.5) is 5.69 Å². The molecule has 0 aliphatic heterocycles. The van der Waals surface area contributed by atoms with Crippen molar-refractivity contribution in [3.63, 3.8) is 0 Å². The van der Waals surface area contributed by atoms with E-state index in [1.165, 1.54) is 11.1 Å². The third-order valence-electron chi connectivity index (χ3n) is 2.94. The minimum atomic E-state index is 0.535. The highest BCUT2D eigenvalue weighted by Crippen LogP contribution is 2.26. The van der Waals surface area contributed by atoms with E-state index in [0.29, 0.717) is 12.3 Å². The van der Waals surface area contributed by atoms with E-state index in [-0.39, 0.29) is 0 Å². The first-order valence-corrected chi connectivity index (χ1v) is 6.59. The number of aryl methyl sites for hydroxylation is 2. The summed E-state index contributed by atoms with van der Waals surface area (Å²) in [5, 5.41) is 0. The zero-order valence-electron chi connectivity index (χ0n) is 10.5. The zero-order chi connectivity index (χ0) is 13.1. The lowest BCUT2D eigenvalue weighted by molar-refractivity contribution is 0.308. The molecule has 94 valence electrons. The molecule has 0 aliphatic rings. The molecule has 0 saturated heterocycles. The summed E-state index contributed by atoms with van der Waals surface area (Å²) in [7, 11) is 0. The minimum absolute atomic E-state index is 0.535. The molecule has 0 unspecified atom stereocenters. The van der Waals surface area contributed by atoms with Crippen LogP contribution in [0, 0.1) is 13.8 Å². The van der Waals surface area contributed by atoms with Crippen molar-refractivity contribution in [1.29, 1.82) is 0 Å². The average molecular weight is 306 g/mol. The zero-order valence-corrected chi connectivity index (χ0v) is 12.1. The summed E-state index contributed by atoms with van der Waals surface area (Å²) in [6.45, 7) is 4.74. The van der Waals surface area contributed by atoms with Crippen LogP contribution in [0.1, 0.15) is 16.7 Å². The molecule has 2 aromatic carbocycles. The Kier molecular flexibility index (Phi) is 3.92. The third kappa shape index (κ3) is 3.05. The fourth-order valence-corrected chi connectivity index (χ4v) is 2.08. The van der Waals surface area contributed by atoms with Crippen LogP contribution in [0.2, 0.25) is 0 Å². The van der Waals surface area contributed by atoms with Gasteiger partial charge in [0.05, 0.1) is 5.69 Å². The van der Waals surface area contributed by atoms with E-state index in [1.807, 2.05) is 18.2 Å². The summed E-state index contributed by atoms with van der Waals surface area (Å²) in [6.07, 6.45) is 0. The smallest absolute Gasteiger partial charge is 0.142 e. The predicted octanol–water partition coefficient (Wildman–Crippen LogP) is 4.23. The minimum Gasteiger partial charge on any atom is -0.487 e. The second-order valence-electron chi connectivity index (χ2n) is 4.39. The Morgan fingerprint density at radius 2 is 1.83 bits per heavy atom. The van der Waals surface area contributed by atoms with Gasteiger partial charge in [-0.1, -0.05) is 34.1 Å². The number of hydrogen-bond acceptors (Lipinski definition) is 2. The van der Waals surface area contributed by atoms with Crippen LogP contribution >= 0.6 is 15.9 Å². The maximum absolute atomic E-state index is 5.88. The summed E-state index contributed by atoms with van der Waals surface area (Å²) >= 11 is 3.37. The first-order chi connectivity index (χ1) is 8.56. The number of anilines is 1. The summed E-state index contributed by atoms with van der Waals surface area (Å²) in [4.78, 5) is 0. The monoisotopic (exact) mass is 305 g/mol. The van der Waals surface area contributed by atoms with Crippen LogP contribution in [-0.2, 0) is 6.61 Å². The molecule has 3 heteroatoms. The first-order valence-electron chi connectivity index (χ1n) is 5.80. The van der Waals surface area contributed by atoms with Gasteiger partial charge in [-0.25, -0.2) is 0 Å². The Morgan fingerprint density at radius 3 is 2.50 bits per heavy atom. The number of nitrogens with two attached hydrogens (primary N) is 1. The van der Waals surface area contributed by atoms with Gasteiger partial charge in [-0.2, -0.15) is 0 Å². The molecule has 0 saturated carbocycles. The molecular formula is C15H16BrNO. The predicted molar refractivity (Wildman–Crippen MR) is 78.8 cm³/mol. The molecule has 2 rings (SSSR count). The van der Waals surface area contributed by atoms with Crippen molar-refractivity contribution in [2.75, 3.05) is 5.73 Å². The molecule has 0 spiro atoms. The van der Waals surface area contributed by atoms with E-state index < -0.39 is 0 Å². The molecule has 0 atom stereocenters. The SMILES string of the molecule is Cc1ccc(COc2ccc(Br)cc2N)cc1C. The average Bonchev–Trinajstić information content (AvgIpc) is 2.32. The number of nitrogen functional groups attached to an aromatic ring is 1. The number of ether oxygens (including phenoxy) is 1. The quantitative estimate of drug-likeness (QED) is 0.861. The fraction of sp³-hybridized carbons (Fsp3) is 0.200. The van der Waals surface area contributed by atoms with E-state index in [4.69, 9.17) is 10.5 Å². The maximum Gasteiger partial charge on any atom is 0.142 e. The van der Waals surface area contributed by atoms with Crippen molar-refractivity contribution in [3.8, 4) is 5.75 Å². The molecule has 18 heavy (non-hydrogen) atoms. The van der Waals surface area contributed by atoms with E-state index in [1.54, 1.807) is 0 Å². The van der Waals surface area contributed by atoms with Crippen LogP contribution < -0.4 is 10.5 Å². The van der Waals surface area contributed by atoms with Gasteiger partial charge in [0.2, 0.25) is 0 Å². The Balaban J connectivity index is 2.09. The largest absolute Gasteiger partial charge is 0.487 e. The molecule has 2 aromatic rings. The van der Waals surface area contributed by atoms with Gasteiger partial charge in [0.25, 0.3) is 0 Å². The van der Waals surface area contributed by atoms with E-state index in [2.05, 4.69) is 48.0 Å². The Labute approximate surface area is 116 Å². The van der Waals surface area contributed by atoms with Gasteiger partial charge in [0, 0.05) is 4.47 Å². The standard InChI is InChI=1S/C15H16BrNO/c1-10-3-4-12(7-11(10)2)9-18-15-6-5-13(16)8-14(15)17/h3-8H,9,17H2,1-2H3. The first kappa shape index (κ1) is 13.0. The van der Waals surface area contributed by atoms with Gasteiger partial charge in [0.15, 0.2) is 0 Å². The molecule has 0 aromatic heterocycles. The number of rotatable bonds is 3. The summed E-state index contributed by atoms with van der Waals surface area (Å²) in [5.74, 6) is 0.719. The van der Waals surface area contributed by atoms with Crippen molar-refractivity contribution in [3.05, 3.63) is 57.6 Å². The van der Waals surface area contributed by atoms with Crippen molar-refractivity contribution in [1.82, 2.24) is 0 Å². The third-order valence-corrected chi connectivity index (χ3v) is 3.43. The van der Waals surface area contributed by atoms with Crippen LogP contribution in [0.25, 0.3) is 0 Å². The van der Waals surface area contributed by atoms with Crippen LogP contribution in [0.15, 0.2) is 40.9 Å². The van der Waals surface area contributed by atoms with E-state index >= 15 is 0 Å². The summed E-state index contributed by atoms with van der Waals surface area (Å²) < 4.78 is 6.68. The molecule has 2 N–H and O–H groups in total. The number of benzene rings is 2. The maximum atomic E-state index is 5.88. The van der Waals surface area contributed by atoms with Gasteiger partial charge in [-0.3, -0.25) is 0 Å². The molecule has 0 radical (unpaired) electrons. The summed E-state index contributed by atoms with van der Waals surface area (Å²) in [6, 6.07) is 12.0. The lowest BCUT2D eigenvalue weighted by Crippen LogP contribution is -1.99. The van der Waals surface area contributed by atoms with Crippen LogP contribution in [0.3, 0.4) is 0 Å². The van der Waals surface area contributed by atoms with Crippen molar-refractivity contribution in [2.45, 2.75) is 20.5 Å². The lowest BCUT2D eigenvalue weighted by atomic mass is 10.1. The lowest BCUT2D eigenvalue weighted by Gasteiger charge is -2.10. The second-order valence-corrected chi connectivity index (χ2v) is 5.31. The molecule has 0 fully saturated rings. The van der Waals surface area contributed by atoms with Crippen molar-refractivity contribution < 1.29 is 4.74 Å². The van der Waals surface area contributed by atoms with Gasteiger partial charge >= 0.3 is 0 Å². The molecule has 0 aliphatic carbocycles. The molecular weight excluding hydrogens is 290 g/mol. The van der Waals surface area contributed by atoms with E-state index in [0.717, 1.165) is 15.8 Å². The Morgan fingerprint density at radius 1 is 1.06 bits per heavy atom. The summed E-state index contributed by atoms with van der Waals surface area (Å²) in [5.41, 5.74) is 10.3. The number of halogens is 1. The van der Waals surface area contributed by atoms with Gasteiger partial charge in [-0.05, 0) is 48.7 Å². The normalized spacial score (nSPS) is 10.4. The van der Waals surface area contributed by atoms with Crippen molar-refractivity contribution >= 4 is 21.6 Å². The Bertz CT molecular complexity index is 566. The molecule has 0 heterocycles. The van der Waals surface area contributed by atoms with Gasteiger partial charge in [0.1, 0.15) is 12.4 Å². The van der Waals surface area contributed by atoms with Crippen LogP contribution in [0.5, 0.6) is 5.75 Å². The van der Waals surface area contributed by atoms with Gasteiger partial charge < -0.3 is 10.5 Å². The second kappa shape index (κ2) is 5.44. The highest BCUT2D eigenvalue weighted by atomic mass is 79.9. The number of hydrogen-bond donors (Lipinski definition) is 1. The van der Waals surface area contributed by atoms with Gasteiger partial charge in [-0.15, -0.1) is 0 Å². The topological polar surface area (TPSA) is 35.2 Å². The molecule has 2 nitrogen and oxygen atoms in total. The molecule has 0 bridgehead atoms.